The molecule has 5 heterocycles. The fraction of sp³-hybridized carbons (Fsp3) is 0.133. The van der Waals surface area contributed by atoms with Crippen LogP contribution in [0.1, 0.15) is 22.8 Å². The van der Waals surface area contributed by atoms with Gasteiger partial charge in [-0.2, -0.15) is 0 Å². The summed E-state index contributed by atoms with van der Waals surface area (Å²) in [5, 5.41) is 0. The van der Waals surface area contributed by atoms with Gasteiger partial charge in [0.15, 0.2) is 11.5 Å². The third kappa shape index (κ3) is 5.31. The van der Waals surface area contributed by atoms with Crippen molar-refractivity contribution in [1.82, 2.24) is 19.9 Å². The zero-order chi connectivity index (χ0) is 26.2. The SMILES string of the molecule is COc1cc(-c2cc3cc4nc(cc5ccc(cc6nc(cc2[nH]3)C=C6)[nH]5)C=C4)c(OC)c(OC)c1OC.Cl.[Fe]. The van der Waals surface area contributed by atoms with E-state index in [0.717, 1.165) is 56.0 Å². The minimum Gasteiger partial charge on any atom is -0.493 e. The summed E-state index contributed by atoms with van der Waals surface area (Å²) in [6.45, 7) is 0. The summed E-state index contributed by atoms with van der Waals surface area (Å²) in [4.78, 5) is 16.5. The number of aromatic amines is 2. The second kappa shape index (κ2) is 11.9. The number of ether oxygens (including phenoxy) is 4. The van der Waals surface area contributed by atoms with Crippen LogP contribution in [-0.4, -0.2) is 48.4 Å². The number of benzene rings is 1. The fourth-order valence-electron chi connectivity index (χ4n) is 4.77. The van der Waals surface area contributed by atoms with Crippen LogP contribution in [0.25, 0.3) is 57.5 Å². The molecule has 8 bridgehead atoms. The summed E-state index contributed by atoms with van der Waals surface area (Å²) >= 11 is 0. The molecule has 4 aromatic rings. The Hall–Kier alpha value is -4.17. The van der Waals surface area contributed by atoms with Crippen molar-refractivity contribution in [3.05, 3.63) is 71.3 Å². The van der Waals surface area contributed by atoms with Crippen LogP contribution in [0, 0.1) is 0 Å². The van der Waals surface area contributed by atoms with Gasteiger partial charge in [-0.15, -0.1) is 12.4 Å². The van der Waals surface area contributed by atoms with Crippen molar-refractivity contribution in [2.75, 3.05) is 28.4 Å². The summed E-state index contributed by atoms with van der Waals surface area (Å²) in [5.74, 6) is 1.98. The summed E-state index contributed by atoms with van der Waals surface area (Å²) in [5.41, 5.74) is 8.72. The first-order chi connectivity index (χ1) is 18.6. The molecule has 0 unspecified atom stereocenters. The van der Waals surface area contributed by atoms with Crippen LogP contribution >= 0.6 is 12.4 Å². The van der Waals surface area contributed by atoms with Gasteiger partial charge in [0.2, 0.25) is 11.5 Å². The number of H-pyrrole nitrogens is 2. The molecule has 0 fully saturated rings. The molecular weight excluding hydrogens is 572 g/mol. The molecule has 2 aliphatic rings. The van der Waals surface area contributed by atoms with Crippen LogP contribution < -0.4 is 18.9 Å². The minimum atomic E-state index is 0. The van der Waals surface area contributed by atoms with Crippen molar-refractivity contribution in [2.24, 2.45) is 0 Å². The Labute approximate surface area is 248 Å². The minimum absolute atomic E-state index is 0. The Morgan fingerprint density at radius 3 is 1.57 bits per heavy atom. The van der Waals surface area contributed by atoms with Crippen molar-refractivity contribution < 1.29 is 36.0 Å². The van der Waals surface area contributed by atoms with Gasteiger partial charge >= 0.3 is 0 Å². The molecule has 10 heteroatoms. The largest absolute Gasteiger partial charge is 0.493 e. The van der Waals surface area contributed by atoms with Gasteiger partial charge in [0.05, 0.1) is 51.2 Å². The molecule has 0 radical (unpaired) electrons. The number of hydrogen-bond donors (Lipinski definition) is 2. The first-order valence-electron chi connectivity index (χ1n) is 12.0. The molecule has 2 N–H and O–H groups in total. The predicted octanol–water partition coefficient (Wildman–Crippen LogP) is 6.78. The summed E-state index contributed by atoms with van der Waals surface area (Å²) in [6, 6.07) is 16.1. The van der Waals surface area contributed by atoms with E-state index in [1.807, 2.05) is 66.8 Å². The van der Waals surface area contributed by atoms with Gasteiger partial charge < -0.3 is 28.9 Å². The topological polar surface area (TPSA) is 94.3 Å². The van der Waals surface area contributed by atoms with Crippen molar-refractivity contribution in [3.8, 4) is 34.1 Å². The molecule has 0 saturated heterocycles. The number of methoxy groups -OCH3 is 4. The maximum atomic E-state index is 5.83. The van der Waals surface area contributed by atoms with Crippen molar-refractivity contribution in [2.45, 2.75) is 0 Å². The third-order valence-corrected chi connectivity index (χ3v) is 6.45. The first-order valence-corrected chi connectivity index (χ1v) is 12.0. The molecule has 1 aromatic carbocycles. The van der Waals surface area contributed by atoms with E-state index in [4.69, 9.17) is 28.9 Å². The van der Waals surface area contributed by atoms with Gasteiger partial charge in [-0.1, -0.05) is 0 Å². The first kappa shape index (κ1) is 28.8. The maximum Gasteiger partial charge on any atom is 0.207 e. The Balaban J connectivity index is 0.00000185. The van der Waals surface area contributed by atoms with Crippen LogP contribution in [0.15, 0.2) is 48.5 Å². The fourth-order valence-corrected chi connectivity index (χ4v) is 4.77. The van der Waals surface area contributed by atoms with Crippen LogP contribution in [-0.2, 0) is 17.1 Å². The van der Waals surface area contributed by atoms with Gasteiger partial charge in [0, 0.05) is 50.3 Å². The van der Waals surface area contributed by atoms with Crippen LogP contribution in [0.4, 0.5) is 0 Å². The second-order valence-electron chi connectivity index (χ2n) is 8.81. The summed E-state index contributed by atoms with van der Waals surface area (Å²) in [6.07, 6.45) is 7.98. The normalized spacial score (nSPS) is 11.4. The number of rotatable bonds is 5. The smallest absolute Gasteiger partial charge is 0.207 e. The molecule has 0 spiro atoms. The van der Waals surface area contributed by atoms with Crippen molar-refractivity contribution >= 4 is 58.8 Å². The molecular formula is C30H27ClFeN4O4. The zero-order valence-electron chi connectivity index (χ0n) is 22.2. The quantitative estimate of drug-likeness (QED) is 0.213. The molecule has 206 valence electrons. The van der Waals surface area contributed by atoms with Crippen molar-refractivity contribution in [3.63, 3.8) is 0 Å². The van der Waals surface area contributed by atoms with E-state index in [0.29, 0.717) is 23.0 Å². The molecule has 0 atom stereocenters. The monoisotopic (exact) mass is 598 g/mol. The van der Waals surface area contributed by atoms with E-state index < -0.39 is 0 Å². The zero-order valence-corrected chi connectivity index (χ0v) is 24.1. The molecule has 0 aliphatic carbocycles. The summed E-state index contributed by atoms with van der Waals surface area (Å²) < 4.78 is 22.7. The molecule has 2 aliphatic heterocycles. The van der Waals surface area contributed by atoms with Crippen molar-refractivity contribution in [1.29, 1.82) is 0 Å². The van der Waals surface area contributed by atoms with E-state index in [9.17, 15) is 0 Å². The van der Waals surface area contributed by atoms with Gasteiger partial charge in [0.25, 0.3) is 0 Å². The number of nitrogens with one attached hydrogen (secondary N) is 2. The average molecular weight is 599 g/mol. The third-order valence-electron chi connectivity index (χ3n) is 6.45. The molecule has 0 amide bonds. The number of fused-ring (bicyclic) bond motifs is 8. The van der Waals surface area contributed by atoms with Gasteiger partial charge in [-0.3, -0.25) is 0 Å². The predicted molar refractivity (Wildman–Crippen MR) is 158 cm³/mol. The molecule has 40 heavy (non-hydrogen) atoms. The van der Waals surface area contributed by atoms with E-state index in [2.05, 4.69) is 16.0 Å². The van der Waals surface area contributed by atoms with Crippen LogP contribution in [0.5, 0.6) is 23.0 Å². The molecule has 8 nitrogen and oxygen atoms in total. The number of aromatic nitrogens is 4. The molecule has 0 saturated carbocycles. The Bertz CT molecular complexity index is 1790. The van der Waals surface area contributed by atoms with Crippen LogP contribution in [0.2, 0.25) is 0 Å². The Morgan fingerprint density at radius 2 is 1.05 bits per heavy atom. The number of nitrogens with zero attached hydrogens (tertiary/aromatic N) is 2. The second-order valence-corrected chi connectivity index (χ2v) is 8.81. The van der Waals surface area contributed by atoms with Crippen LogP contribution in [0.3, 0.4) is 0 Å². The molecule has 3 aromatic heterocycles. The maximum absolute atomic E-state index is 5.83. The van der Waals surface area contributed by atoms with E-state index in [1.54, 1.807) is 28.4 Å². The average Bonchev–Trinajstić information content (AvgIpc) is 3.72. The Morgan fingerprint density at radius 1 is 0.525 bits per heavy atom. The number of hydrogen-bond acceptors (Lipinski definition) is 6. The van der Waals surface area contributed by atoms with Gasteiger partial charge in [-0.25, -0.2) is 9.97 Å². The number of halogens is 1. The molecule has 6 rings (SSSR count). The van der Waals surface area contributed by atoms with E-state index >= 15 is 0 Å². The van der Waals surface area contributed by atoms with Gasteiger partial charge in [0.1, 0.15) is 0 Å². The van der Waals surface area contributed by atoms with E-state index in [-0.39, 0.29) is 29.5 Å². The summed E-state index contributed by atoms with van der Waals surface area (Å²) in [7, 11) is 6.35. The van der Waals surface area contributed by atoms with Gasteiger partial charge in [-0.05, 0) is 72.8 Å². The Kier molecular flexibility index (Phi) is 8.59. The van der Waals surface area contributed by atoms with E-state index in [1.165, 1.54) is 0 Å². The standard InChI is InChI=1S/C30H26N4O4.ClH.Fe/c1-35-27-16-25(28(36-2)30(38-4)29(27)37-3)24-14-23-13-21-8-7-19(32-21)11-17-5-6-18(31-17)12-20-9-10-22(33-20)15-26(24)34-23;;/h5-16,31,34H,1-4H3;1H;.